The second kappa shape index (κ2) is 24.8. The van der Waals surface area contributed by atoms with E-state index in [0.29, 0.717) is 16.8 Å². The molecule has 0 aliphatic heterocycles. The number of aryl methyl sites for hydroxylation is 1. The van der Waals surface area contributed by atoms with E-state index in [4.69, 9.17) is 19.1 Å². The van der Waals surface area contributed by atoms with E-state index >= 15 is 0 Å². The van der Waals surface area contributed by atoms with E-state index in [1.807, 2.05) is 103 Å². The number of benzene rings is 11. The zero-order valence-electron chi connectivity index (χ0n) is 49.6. The van der Waals surface area contributed by atoms with Gasteiger partial charge in [-0.1, -0.05) is 275 Å². The molecule has 0 saturated heterocycles. The summed E-state index contributed by atoms with van der Waals surface area (Å²) in [7, 11) is 0. The molecule has 0 aliphatic rings. The summed E-state index contributed by atoms with van der Waals surface area (Å²) < 4.78 is 26.0. The van der Waals surface area contributed by atoms with Gasteiger partial charge in [0.05, 0.1) is 0 Å². The zero-order valence-corrected chi connectivity index (χ0v) is 49.0. The Labute approximate surface area is 521 Å². The van der Waals surface area contributed by atoms with Crippen molar-refractivity contribution in [2.24, 2.45) is 0 Å². The van der Waals surface area contributed by atoms with Crippen LogP contribution < -0.4 is 0 Å². The molecule has 0 fully saturated rings. The van der Waals surface area contributed by atoms with Crippen LogP contribution >= 0.6 is 0 Å². The van der Waals surface area contributed by atoms with E-state index < -0.39 is 6.85 Å². The summed E-state index contributed by atoms with van der Waals surface area (Å²) in [5.74, 6) is 0. The fourth-order valence-corrected chi connectivity index (χ4v) is 11.7. The van der Waals surface area contributed by atoms with Crippen LogP contribution in [-0.2, 0) is 20.1 Å². The van der Waals surface area contributed by atoms with Crippen molar-refractivity contribution in [3.8, 4) is 145 Å². The Bertz CT molecular complexity index is 4620. The molecule has 0 unspecified atom stereocenters. The molecule has 0 saturated carbocycles. The van der Waals surface area contributed by atoms with Crippen LogP contribution in [0.15, 0.2) is 310 Å². The minimum absolute atomic E-state index is 0. The molecule has 3 aromatic heterocycles. The first-order valence-corrected chi connectivity index (χ1v) is 28.5. The smallest absolute Gasteiger partial charge is 0.305 e. The second-order valence-electron chi connectivity index (χ2n) is 21.0. The second-order valence-corrected chi connectivity index (χ2v) is 21.0. The number of aromatic nitrogens is 3. The summed E-state index contributed by atoms with van der Waals surface area (Å²) in [6, 6.07) is 111. The average Bonchev–Trinajstić information content (AvgIpc) is 2.45. The van der Waals surface area contributed by atoms with Crippen molar-refractivity contribution >= 4 is 0 Å². The fourth-order valence-electron chi connectivity index (χ4n) is 11.7. The molecular weight excluding hydrogens is 1220 g/mol. The fraction of sp³-hybridized carbons (Fsp3) is 0.0122. The van der Waals surface area contributed by atoms with Gasteiger partial charge in [0, 0.05) is 28.3 Å². The number of pyridine rings is 3. The Morgan fingerprint density at radius 3 is 0.907 bits per heavy atom. The van der Waals surface area contributed by atoms with Gasteiger partial charge in [0.1, 0.15) is 0 Å². The van der Waals surface area contributed by atoms with Gasteiger partial charge in [-0.05, 0) is 115 Å². The van der Waals surface area contributed by atoms with Crippen molar-refractivity contribution in [3.63, 3.8) is 0 Å². The third kappa shape index (κ3) is 11.1. The van der Waals surface area contributed by atoms with Gasteiger partial charge in [0.15, 0.2) is 0 Å². The molecule has 14 aromatic rings. The molecule has 0 atom stereocenters. The van der Waals surface area contributed by atoms with E-state index in [0.717, 1.165) is 128 Å². The molecule has 11 aromatic carbocycles. The van der Waals surface area contributed by atoms with E-state index in [1.54, 1.807) is 12.3 Å². The number of rotatable bonds is 13. The summed E-state index contributed by atoms with van der Waals surface area (Å²) in [4.78, 5) is 14.4. The maximum absolute atomic E-state index is 8.65. The number of hydrogen-bond acceptors (Lipinski definition) is 3. The van der Waals surface area contributed by atoms with Crippen molar-refractivity contribution < 1.29 is 24.2 Å². The summed E-state index contributed by atoms with van der Waals surface area (Å²) in [6.45, 7) is -2.39. The number of hydrogen-bond donors (Lipinski definition) is 0. The van der Waals surface area contributed by atoms with Crippen LogP contribution in [0.1, 0.15) is 9.68 Å². The van der Waals surface area contributed by atoms with Crippen molar-refractivity contribution in [1.29, 1.82) is 0 Å². The molecule has 3 nitrogen and oxygen atoms in total. The molecule has 0 bridgehead atoms. The van der Waals surface area contributed by atoms with Crippen molar-refractivity contribution in [1.82, 2.24) is 15.0 Å². The Hall–Kier alpha value is -10.5. The molecule has 0 radical (unpaired) electrons. The molecule has 0 amide bonds. The van der Waals surface area contributed by atoms with E-state index in [-0.39, 0.29) is 25.7 Å². The van der Waals surface area contributed by atoms with Gasteiger partial charge in [0.25, 0.3) is 0 Å². The predicted octanol–water partition coefficient (Wildman–Crippen LogP) is 21.2. The predicted molar refractivity (Wildman–Crippen MR) is 352 cm³/mol. The van der Waals surface area contributed by atoms with Gasteiger partial charge in [-0.2, -0.15) is 0 Å². The molecule has 86 heavy (non-hydrogen) atoms. The van der Waals surface area contributed by atoms with Crippen LogP contribution in [0.25, 0.3) is 145 Å². The maximum Gasteiger partial charge on any atom is 3.00 e. The molecule has 0 N–H and O–H groups in total. The third-order valence-corrected chi connectivity index (χ3v) is 15.8. The van der Waals surface area contributed by atoms with Crippen molar-refractivity contribution in [2.75, 3.05) is 0 Å². The SMILES string of the molecule is [2H]C([2H])([2H])c1cc(-c2[c-]cc(-c3ccccc3-c3cc(-c4ccccc4-c4c[c-]c(-c5ccccn5)cc4-c4ccccc4)cc(-c4ccccc4-c4c[c-]c(-c5ccccn5)cc4-c4ccccc4)c3)c(-c3ccccc3)c2)ncc1-c1ccccc1.[Ir+3]. The summed E-state index contributed by atoms with van der Waals surface area (Å²) in [5, 5.41) is 0. The van der Waals surface area contributed by atoms with Gasteiger partial charge >= 0.3 is 20.1 Å². The summed E-state index contributed by atoms with van der Waals surface area (Å²) in [6.07, 6.45) is 5.33. The normalized spacial score (nSPS) is 11.7. The minimum atomic E-state index is -2.39. The van der Waals surface area contributed by atoms with Crippen LogP contribution in [0, 0.1) is 25.1 Å². The standard InChI is InChI=1S/C82H54N3.Ir/c1-56-48-82(85-55-79(56)60-30-12-5-13-31-60)63-42-45-75(78(54-63)59-28-10-4-11-29-59)72-37-19-16-34-69(72)66-50-64(67-32-14-17-35-70(67)73-43-40-61(80-38-20-22-46-83-80)52-76(73)57-24-6-2-7-25-57)49-65(51-66)68-33-15-18-36-71(68)74-44-41-62(81-39-21-23-47-84-81)53-77(74)58-26-8-3-9-27-58;/h2-39,43-55H,1H3;/q-3;+3/i1D3;. The molecule has 0 spiro atoms. The Kier molecular flexibility index (Phi) is 14.7. The molecular formula is C82H54IrN3. The maximum atomic E-state index is 8.65. The largest absolute Gasteiger partial charge is 3.00 e. The Morgan fingerprint density at radius 1 is 0.256 bits per heavy atom. The van der Waals surface area contributed by atoms with Gasteiger partial charge in [-0.25, -0.2) is 0 Å². The molecule has 3 heterocycles. The summed E-state index contributed by atoms with van der Waals surface area (Å²) in [5.41, 5.74) is 25.0. The third-order valence-electron chi connectivity index (χ3n) is 15.8. The average molecular weight is 1280 g/mol. The van der Waals surface area contributed by atoms with Crippen LogP contribution in [-0.4, -0.2) is 15.0 Å². The van der Waals surface area contributed by atoms with Crippen LogP contribution in [0.3, 0.4) is 0 Å². The van der Waals surface area contributed by atoms with Crippen LogP contribution in [0.4, 0.5) is 0 Å². The zero-order chi connectivity index (χ0) is 59.4. The Morgan fingerprint density at radius 2 is 0.570 bits per heavy atom. The van der Waals surface area contributed by atoms with Gasteiger partial charge < -0.3 is 15.0 Å². The van der Waals surface area contributed by atoms with E-state index in [2.05, 4.69) is 212 Å². The van der Waals surface area contributed by atoms with Crippen LogP contribution in [0.5, 0.6) is 0 Å². The molecule has 14 rings (SSSR count). The van der Waals surface area contributed by atoms with Crippen molar-refractivity contribution in [3.05, 3.63) is 334 Å². The minimum Gasteiger partial charge on any atom is -0.305 e. The first-order valence-electron chi connectivity index (χ1n) is 30.0. The Balaban J connectivity index is 0.00000729. The first-order chi connectivity index (χ1) is 43.3. The molecule has 0 aliphatic carbocycles. The van der Waals surface area contributed by atoms with Crippen LogP contribution in [0.2, 0.25) is 0 Å². The molecule has 4 heteroatoms. The van der Waals surface area contributed by atoms with Crippen molar-refractivity contribution in [2.45, 2.75) is 6.85 Å². The van der Waals surface area contributed by atoms with Gasteiger partial charge in [0.2, 0.25) is 0 Å². The summed E-state index contributed by atoms with van der Waals surface area (Å²) >= 11 is 0. The number of nitrogens with zero attached hydrogens (tertiary/aromatic N) is 3. The monoisotopic (exact) mass is 1280 g/mol. The first kappa shape index (κ1) is 51.2. The quantitative estimate of drug-likeness (QED) is 0.108. The van der Waals surface area contributed by atoms with E-state index in [1.165, 1.54) is 0 Å². The van der Waals surface area contributed by atoms with E-state index in [9.17, 15) is 0 Å². The topological polar surface area (TPSA) is 38.7 Å². The van der Waals surface area contributed by atoms with Gasteiger partial charge in [-0.3, -0.25) is 0 Å². The molecule has 406 valence electrons. The van der Waals surface area contributed by atoms with Gasteiger partial charge in [-0.15, -0.1) is 71.3 Å².